The minimum atomic E-state index is -0.852. The average Bonchev–Trinajstić information content (AvgIpc) is 2.76. The van der Waals surface area contributed by atoms with Crippen LogP contribution >= 0.6 is 0 Å². The lowest BCUT2D eigenvalue weighted by Crippen LogP contribution is -2.48. The summed E-state index contributed by atoms with van der Waals surface area (Å²) < 4.78 is 37.7. The fourth-order valence-electron chi connectivity index (χ4n) is 4.45. The molecule has 8 heteroatoms. The molecule has 2 heterocycles. The number of nitrogens with zero attached hydrogens (tertiary/aromatic N) is 1. The lowest BCUT2D eigenvalue weighted by molar-refractivity contribution is -0.142. The number of halogens is 2. The zero-order valence-electron chi connectivity index (χ0n) is 17.2. The highest BCUT2D eigenvalue weighted by Crippen LogP contribution is 2.43. The summed E-state index contributed by atoms with van der Waals surface area (Å²) in [4.78, 5) is 26.5. The summed E-state index contributed by atoms with van der Waals surface area (Å²) in [6.45, 7) is 1.87. The van der Waals surface area contributed by atoms with Crippen LogP contribution in [-0.2, 0) is 19.9 Å². The summed E-state index contributed by atoms with van der Waals surface area (Å²) in [5.74, 6) is -1.59. The lowest BCUT2D eigenvalue weighted by atomic mass is 9.82. The number of fused-ring (bicyclic) bond motifs is 2. The standard InChI is InChI=1S/C23H24F2N2O4/c1-30-21(28)18(15-2-4-16(24)5-3-15)8-11-27-12-9-23(10-13-27)19-14-17(25)6-7-20(19)26-22(29)31-23/h2-7,14,18H,8-13H2,1H3,(H,26,29). The Morgan fingerprint density at radius 3 is 2.52 bits per heavy atom. The monoisotopic (exact) mass is 430 g/mol. The third-order valence-electron chi connectivity index (χ3n) is 6.15. The van der Waals surface area contributed by atoms with Crippen molar-refractivity contribution in [3.8, 4) is 0 Å². The molecule has 6 nitrogen and oxygen atoms in total. The van der Waals surface area contributed by atoms with Crippen LogP contribution in [-0.4, -0.2) is 43.7 Å². The summed E-state index contributed by atoms with van der Waals surface area (Å²) in [5.41, 5.74) is 1.09. The molecule has 0 radical (unpaired) electrons. The Morgan fingerprint density at radius 1 is 1.16 bits per heavy atom. The number of methoxy groups -OCH3 is 1. The van der Waals surface area contributed by atoms with Crippen molar-refractivity contribution in [3.05, 3.63) is 65.2 Å². The van der Waals surface area contributed by atoms with Gasteiger partial charge in [0.15, 0.2) is 0 Å². The molecule has 2 aliphatic heterocycles. The molecule has 0 aliphatic carbocycles. The Kier molecular flexibility index (Phi) is 5.91. The number of carbonyl (C=O) groups is 2. The SMILES string of the molecule is COC(=O)C(CCN1CCC2(CC1)OC(=O)Nc1ccc(F)cc12)c1ccc(F)cc1. The van der Waals surface area contributed by atoms with Gasteiger partial charge in [-0.15, -0.1) is 0 Å². The van der Waals surface area contributed by atoms with Gasteiger partial charge < -0.3 is 14.4 Å². The van der Waals surface area contributed by atoms with Crippen LogP contribution in [0.25, 0.3) is 0 Å². The van der Waals surface area contributed by atoms with E-state index in [-0.39, 0.29) is 17.6 Å². The number of piperidine rings is 1. The van der Waals surface area contributed by atoms with E-state index in [1.54, 1.807) is 18.2 Å². The molecule has 1 unspecified atom stereocenters. The van der Waals surface area contributed by atoms with Crippen molar-refractivity contribution in [1.29, 1.82) is 0 Å². The second-order valence-corrected chi connectivity index (χ2v) is 7.96. The Hall–Kier alpha value is -3.00. The predicted octanol–water partition coefficient (Wildman–Crippen LogP) is 4.16. The predicted molar refractivity (Wildman–Crippen MR) is 110 cm³/mol. The van der Waals surface area contributed by atoms with Gasteiger partial charge in [0.05, 0.1) is 18.7 Å². The fraction of sp³-hybridized carbons (Fsp3) is 0.391. The van der Waals surface area contributed by atoms with Crippen molar-refractivity contribution in [2.75, 3.05) is 32.1 Å². The van der Waals surface area contributed by atoms with Crippen molar-refractivity contribution in [1.82, 2.24) is 4.90 Å². The second-order valence-electron chi connectivity index (χ2n) is 7.96. The molecule has 1 fully saturated rings. The van der Waals surface area contributed by atoms with E-state index in [0.29, 0.717) is 55.7 Å². The number of carbonyl (C=O) groups excluding carboxylic acids is 2. The summed E-state index contributed by atoms with van der Waals surface area (Å²) in [6.07, 6.45) is 1.03. The molecule has 164 valence electrons. The molecule has 0 aromatic heterocycles. The highest BCUT2D eigenvalue weighted by molar-refractivity contribution is 5.88. The van der Waals surface area contributed by atoms with Gasteiger partial charge in [-0.1, -0.05) is 12.1 Å². The molecule has 0 bridgehead atoms. The molecule has 1 atom stereocenters. The van der Waals surface area contributed by atoms with Crippen LogP contribution < -0.4 is 5.32 Å². The summed E-state index contributed by atoms with van der Waals surface area (Å²) in [7, 11) is 1.34. The van der Waals surface area contributed by atoms with Crippen LogP contribution in [0.2, 0.25) is 0 Å². The first-order valence-corrected chi connectivity index (χ1v) is 10.3. The maximum Gasteiger partial charge on any atom is 0.412 e. The van der Waals surface area contributed by atoms with Crippen molar-refractivity contribution < 1.29 is 27.8 Å². The van der Waals surface area contributed by atoms with Crippen LogP contribution in [0.5, 0.6) is 0 Å². The maximum absolute atomic E-state index is 13.9. The molecule has 2 aromatic carbocycles. The van der Waals surface area contributed by atoms with E-state index in [9.17, 15) is 18.4 Å². The quantitative estimate of drug-likeness (QED) is 0.722. The zero-order chi connectivity index (χ0) is 22.0. The Balaban J connectivity index is 1.43. The lowest BCUT2D eigenvalue weighted by Gasteiger charge is -2.44. The average molecular weight is 430 g/mol. The highest BCUT2D eigenvalue weighted by Gasteiger charge is 2.44. The van der Waals surface area contributed by atoms with E-state index < -0.39 is 17.6 Å². The molecule has 0 saturated carbocycles. The van der Waals surface area contributed by atoms with Gasteiger partial charge in [0.25, 0.3) is 0 Å². The summed E-state index contributed by atoms with van der Waals surface area (Å²) in [6, 6.07) is 10.2. The van der Waals surface area contributed by atoms with Crippen molar-refractivity contribution in [3.63, 3.8) is 0 Å². The van der Waals surface area contributed by atoms with E-state index in [1.807, 2.05) is 0 Å². The van der Waals surface area contributed by atoms with Gasteiger partial charge in [-0.25, -0.2) is 13.6 Å². The van der Waals surface area contributed by atoms with Gasteiger partial charge in [-0.05, 0) is 48.9 Å². The molecule has 1 saturated heterocycles. The van der Waals surface area contributed by atoms with Gasteiger partial charge in [0, 0.05) is 31.5 Å². The van der Waals surface area contributed by atoms with E-state index in [2.05, 4.69) is 10.2 Å². The molecular weight excluding hydrogens is 406 g/mol. The molecule has 31 heavy (non-hydrogen) atoms. The molecule has 2 aromatic rings. The first-order valence-electron chi connectivity index (χ1n) is 10.3. The van der Waals surface area contributed by atoms with Crippen LogP contribution in [0.4, 0.5) is 19.3 Å². The van der Waals surface area contributed by atoms with Gasteiger partial charge in [0.1, 0.15) is 17.2 Å². The van der Waals surface area contributed by atoms with Crippen LogP contribution in [0.1, 0.15) is 36.3 Å². The minimum Gasteiger partial charge on any atom is -0.469 e. The Morgan fingerprint density at radius 2 is 1.84 bits per heavy atom. The third-order valence-corrected chi connectivity index (χ3v) is 6.15. The third kappa shape index (κ3) is 4.39. The van der Waals surface area contributed by atoms with E-state index in [1.165, 1.54) is 31.4 Å². The van der Waals surface area contributed by atoms with E-state index >= 15 is 0 Å². The number of hydrogen-bond acceptors (Lipinski definition) is 5. The number of hydrogen-bond donors (Lipinski definition) is 1. The maximum atomic E-state index is 13.9. The normalized spacial score (nSPS) is 18.6. The van der Waals surface area contributed by atoms with Crippen LogP contribution in [0.15, 0.2) is 42.5 Å². The summed E-state index contributed by atoms with van der Waals surface area (Å²) >= 11 is 0. The molecule has 1 amide bonds. The first kappa shape index (κ1) is 21.2. The number of amides is 1. The molecule has 2 aliphatic rings. The van der Waals surface area contributed by atoms with Gasteiger partial charge in [-0.3, -0.25) is 10.1 Å². The number of benzene rings is 2. The number of anilines is 1. The highest BCUT2D eigenvalue weighted by atomic mass is 19.1. The van der Waals surface area contributed by atoms with Gasteiger partial charge in [0.2, 0.25) is 0 Å². The number of rotatable bonds is 5. The zero-order valence-corrected chi connectivity index (χ0v) is 17.2. The number of ether oxygens (including phenoxy) is 2. The van der Waals surface area contributed by atoms with E-state index in [4.69, 9.17) is 9.47 Å². The molecule has 1 spiro atoms. The smallest absolute Gasteiger partial charge is 0.412 e. The Labute approximate surface area is 179 Å². The van der Waals surface area contributed by atoms with Crippen molar-refractivity contribution in [2.45, 2.75) is 30.8 Å². The topological polar surface area (TPSA) is 67.9 Å². The van der Waals surface area contributed by atoms with Crippen LogP contribution in [0.3, 0.4) is 0 Å². The van der Waals surface area contributed by atoms with Gasteiger partial charge >= 0.3 is 12.1 Å². The second kappa shape index (κ2) is 8.63. The fourth-order valence-corrected chi connectivity index (χ4v) is 4.45. The van der Waals surface area contributed by atoms with Crippen molar-refractivity contribution >= 4 is 17.7 Å². The first-order chi connectivity index (χ1) is 14.9. The summed E-state index contributed by atoms with van der Waals surface area (Å²) in [5, 5.41) is 2.63. The molecule has 4 rings (SSSR count). The van der Waals surface area contributed by atoms with E-state index in [0.717, 1.165) is 0 Å². The number of nitrogens with one attached hydrogen (secondary N) is 1. The minimum absolute atomic E-state index is 0.359. The largest absolute Gasteiger partial charge is 0.469 e. The molecule has 1 N–H and O–H groups in total. The van der Waals surface area contributed by atoms with Crippen molar-refractivity contribution in [2.24, 2.45) is 0 Å². The number of likely N-dealkylation sites (tertiary alicyclic amines) is 1. The Bertz CT molecular complexity index is 972. The van der Waals surface area contributed by atoms with Crippen LogP contribution in [0, 0.1) is 11.6 Å². The van der Waals surface area contributed by atoms with Gasteiger partial charge in [-0.2, -0.15) is 0 Å². The number of esters is 1. The molecular formula is C23H24F2N2O4.